The Morgan fingerprint density at radius 1 is 0.193 bits per heavy atom. The van der Waals surface area contributed by atoms with E-state index < -0.39 is 0 Å². The molecule has 8 bridgehead atoms. The molecule has 0 aromatic heterocycles. The molecule has 0 amide bonds. The molecule has 258 valence electrons. The molecular weight excluding hydrogens is 754 g/mol. The van der Waals surface area contributed by atoms with Crippen LogP contribution in [0.1, 0.15) is 44.5 Å². The maximum Gasteiger partial charge on any atom is 0.164 e. The second kappa shape index (κ2) is 11.9. The predicted octanol–water partition coefficient (Wildman–Crippen LogP) is 9.44. The van der Waals surface area contributed by atoms with Crippen LogP contribution in [0.15, 0.2) is 186 Å². The van der Waals surface area contributed by atoms with Gasteiger partial charge >= 0.3 is 0 Å². The van der Waals surface area contributed by atoms with Gasteiger partial charge in [0.25, 0.3) is 0 Å². The van der Waals surface area contributed by atoms with E-state index in [0.29, 0.717) is 46.7 Å². The molecule has 13 rings (SSSR count). The van der Waals surface area contributed by atoms with Crippen molar-refractivity contribution in [3.8, 4) is 0 Å². The summed E-state index contributed by atoms with van der Waals surface area (Å²) in [5.41, 5.74) is 7.06. The van der Waals surface area contributed by atoms with Gasteiger partial charge in [0.15, 0.2) is 46.7 Å². The quantitative estimate of drug-likeness (QED) is 0.137. The number of hydrogen-bond acceptors (Lipinski definition) is 8. The monoisotopic (exact) mass is 776 g/mol. The first-order chi connectivity index (χ1) is 27.7. The molecule has 8 aromatic rings. The van der Waals surface area contributed by atoms with Crippen LogP contribution in [0.3, 0.4) is 0 Å². The van der Waals surface area contributed by atoms with Crippen molar-refractivity contribution < 1.29 is 19.5 Å². The van der Waals surface area contributed by atoms with Crippen LogP contribution in [-0.2, 0) is 19.5 Å². The number of fused-ring (bicyclic) bond motifs is 20. The molecule has 9 heteroatoms. The van der Waals surface area contributed by atoms with Crippen molar-refractivity contribution in [1.82, 2.24) is 0 Å². The van der Waals surface area contributed by atoms with Gasteiger partial charge < -0.3 is 0 Å². The van der Waals surface area contributed by atoms with Crippen LogP contribution < -0.4 is 0 Å². The van der Waals surface area contributed by atoms with Gasteiger partial charge in [-0.3, -0.25) is 0 Å². The molecule has 0 unspecified atom stereocenters. The number of rotatable bonds is 0. The van der Waals surface area contributed by atoms with E-state index in [1.807, 2.05) is 48.5 Å². The molecule has 0 saturated carbocycles. The van der Waals surface area contributed by atoms with Crippen molar-refractivity contribution in [2.24, 2.45) is 39.9 Å². The van der Waals surface area contributed by atoms with Crippen molar-refractivity contribution in [2.45, 2.75) is 0 Å². The van der Waals surface area contributed by atoms with Gasteiger partial charge in [-0.25, -0.2) is 39.9 Å². The summed E-state index contributed by atoms with van der Waals surface area (Å²) in [4.78, 5) is 41.6. The van der Waals surface area contributed by atoms with Crippen LogP contribution in [0.5, 0.6) is 0 Å². The van der Waals surface area contributed by atoms with Gasteiger partial charge in [-0.2, -0.15) is 0 Å². The summed E-state index contributed by atoms with van der Waals surface area (Å²) in [6, 6.07) is 50.4. The van der Waals surface area contributed by atoms with Gasteiger partial charge in [-0.15, -0.1) is 0 Å². The second-order valence-electron chi connectivity index (χ2n) is 14.5. The number of benzene rings is 8. The van der Waals surface area contributed by atoms with Gasteiger partial charge in [0.1, 0.15) is 0 Å². The first-order valence-electron chi connectivity index (χ1n) is 18.5. The third kappa shape index (κ3) is 4.82. The molecule has 0 spiro atoms. The molecule has 5 heterocycles. The third-order valence-corrected chi connectivity index (χ3v) is 11.2. The van der Waals surface area contributed by atoms with E-state index in [2.05, 4.69) is 97.1 Å². The Balaban J connectivity index is 0.00000356. The summed E-state index contributed by atoms with van der Waals surface area (Å²) in [7, 11) is 0. The molecule has 0 saturated heterocycles. The number of amidine groups is 8. The SMILES string of the molecule is [Zn].c1ccc2cc3c(cc2c1)C1=NC3=NC2=NC(=NC3=NC(=NC4=NC(=N1)c1cc5ccccc5cc14)c1cc4ccccc4cc13)c1cc3ccccc3cc12. The van der Waals surface area contributed by atoms with E-state index in [-0.39, 0.29) is 19.5 Å². The average Bonchev–Trinajstić information content (AvgIpc) is 3.95. The van der Waals surface area contributed by atoms with Crippen molar-refractivity contribution in [1.29, 1.82) is 0 Å². The van der Waals surface area contributed by atoms with Gasteiger partial charge in [-0.1, -0.05) is 97.1 Å². The Kier molecular flexibility index (Phi) is 6.69. The molecule has 8 aromatic carbocycles. The van der Waals surface area contributed by atoms with Crippen LogP contribution in [-0.4, -0.2) is 46.7 Å². The molecule has 0 fully saturated rings. The molecule has 57 heavy (non-hydrogen) atoms. The second-order valence-corrected chi connectivity index (χ2v) is 14.5. The predicted molar refractivity (Wildman–Crippen MR) is 228 cm³/mol. The number of hydrogen-bond donors (Lipinski definition) is 0. The van der Waals surface area contributed by atoms with Crippen LogP contribution in [0.25, 0.3) is 43.1 Å². The van der Waals surface area contributed by atoms with Crippen LogP contribution in [0, 0.1) is 0 Å². The topological polar surface area (TPSA) is 98.9 Å². The summed E-state index contributed by atoms with van der Waals surface area (Å²) in [6.07, 6.45) is 0. The summed E-state index contributed by atoms with van der Waals surface area (Å²) < 4.78 is 0. The maximum atomic E-state index is 5.24. The van der Waals surface area contributed by atoms with Crippen LogP contribution in [0.4, 0.5) is 0 Å². The Bertz CT molecular complexity index is 3000. The fourth-order valence-electron chi connectivity index (χ4n) is 8.41. The largest absolute Gasteiger partial charge is 0.208 e. The van der Waals surface area contributed by atoms with E-state index in [9.17, 15) is 0 Å². The number of nitrogens with zero attached hydrogens (tertiary/aromatic N) is 8. The van der Waals surface area contributed by atoms with Crippen molar-refractivity contribution in [2.75, 3.05) is 0 Å². The minimum atomic E-state index is 0. The smallest absolute Gasteiger partial charge is 0.164 e. The van der Waals surface area contributed by atoms with Gasteiger partial charge in [0.05, 0.1) is 0 Å². The van der Waals surface area contributed by atoms with Gasteiger partial charge in [0, 0.05) is 64.0 Å². The zero-order valence-corrected chi connectivity index (χ0v) is 33.1. The van der Waals surface area contributed by atoms with Crippen LogP contribution >= 0.6 is 0 Å². The first kappa shape index (κ1) is 32.1. The fraction of sp³-hybridized carbons (Fsp3) is 0. The van der Waals surface area contributed by atoms with Crippen molar-refractivity contribution in [3.05, 3.63) is 190 Å². The summed E-state index contributed by atoms with van der Waals surface area (Å²) >= 11 is 0. The van der Waals surface area contributed by atoms with Crippen LogP contribution in [0.2, 0.25) is 0 Å². The Morgan fingerprint density at radius 2 is 0.316 bits per heavy atom. The molecule has 8 nitrogen and oxygen atoms in total. The average molecular weight is 778 g/mol. The summed E-state index contributed by atoms with van der Waals surface area (Å²) in [5.74, 6) is 4.28. The van der Waals surface area contributed by atoms with Gasteiger partial charge in [0.2, 0.25) is 0 Å². The van der Waals surface area contributed by atoms with E-state index in [1.165, 1.54) is 0 Å². The molecule has 0 radical (unpaired) electrons. The normalized spacial score (nSPS) is 15.7. The Labute approximate surface area is 337 Å². The maximum absolute atomic E-state index is 5.24. The molecule has 0 aliphatic carbocycles. The molecular formula is C48H24N8Zn. The van der Waals surface area contributed by atoms with Crippen molar-refractivity contribution in [3.63, 3.8) is 0 Å². The first-order valence-corrected chi connectivity index (χ1v) is 18.5. The zero-order valence-electron chi connectivity index (χ0n) is 30.1. The molecule has 5 aliphatic heterocycles. The Morgan fingerprint density at radius 3 is 0.439 bits per heavy atom. The third-order valence-electron chi connectivity index (χ3n) is 11.2. The van der Waals surface area contributed by atoms with E-state index in [0.717, 1.165) is 87.6 Å². The van der Waals surface area contributed by atoms with Crippen molar-refractivity contribution >= 4 is 89.8 Å². The minimum Gasteiger partial charge on any atom is -0.208 e. The zero-order chi connectivity index (χ0) is 36.5. The number of aliphatic imine (C=N–C) groups is 8. The van der Waals surface area contributed by atoms with Gasteiger partial charge in [-0.05, 0) is 91.6 Å². The molecule has 0 N–H and O–H groups in total. The fourth-order valence-corrected chi connectivity index (χ4v) is 8.41. The summed E-state index contributed by atoms with van der Waals surface area (Å²) in [6.45, 7) is 0. The summed E-state index contributed by atoms with van der Waals surface area (Å²) in [5, 5.41) is 8.70. The standard InChI is InChI=1S/C48H24N8.Zn/c1-2-10-26-18-34-33(17-25(26)9-1)41-49-42(34)54-44-37-21-29-13-5-6-14-30(29)22-38(37)46(51-44)56-48-40-24-32-16-8-7-15-31(32)23-39(40)47(52-48)55-45-36-20-28-12-4-3-11-27(28)19-35(36)43(50-45)53-41;/h1-24H;. The van der Waals surface area contributed by atoms with E-state index in [1.54, 1.807) is 0 Å². The minimum absolute atomic E-state index is 0. The van der Waals surface area contributed by atoms with E-state index in [4.69, 9.17) is 39.9 Å². The van der Waals surface area contributed by atoms with E-state index >= 15 is 0 Å². The molecule has 0 atom stereocenters. The molecule has 5 aliphatic rings. The Hall–Kier alpha value is -7.22.